The smallest absolute Gasteiger partial charge is 0.256 e. The Kier molecular flexibility index (Phi) is 4.62. The molecule has 3 aromatic rings. The number of amides is 2. The summed E-state index contributed by atoms with van der Waals surface area (Å²) < 4.78 is 0. The Morgan fingerprint density at radius 3 is 1.79 bits per heavy atom. The van der Waals surface area contributed by atoms with Crippen molar-refractivity contribution in [3.8, 4) is 0 Å². The normalized spacial score (nSPS) is 10.0. The van der Waals surface area contributed by atoms with Crippen LogP contribution in [0.1, 0.15) is 20.7 Å². The van der Waals surface area contributed by atoms with Gasteiger partial charge in [-0.15, -0.1) is 0 Å². The predicted molar refractivity (Wildman–Crippen MR) is 93.0 cm³/mol. The van der Waals surface area contributed by atoms with Gasteiger partial charge >= 0.3 is 0 Å². The first kappa shape index (κ1) is 15.4. The lowest BCUT2D eigenvalue weighted by atomic mass is 10.2. The van der Waals surface area contributed by atoms with Gasteiger partial charge in [0.2, 0.25) is 0 Å². The molecule has 5 heteroatoms. The summed E-state index contributed by atoms with van der Waals surface area (Å²) in [5.74, 6) is -0.251. The van der Waals surface area contributed by atoms with Crippen molar-refractivity contribution < 1.29 is 9.59 Å². The van der Waals surface area contributed by atoms with Crippen LogP contribution in [-0.4, -0.2) is 16.8 Å². The third-order valence-corrected chi connectivity index (χ3v) is 3.36. The van der Waals surface area contributed by atoms with Crippen molar-refractivity contribution >= 4 is 23.3 Å². The topological polar surface area (TPSA) is 71.1 Å². The van der Waals surface area contributed by atoms with Crippen molar-refractivity contribution in [1.82, 2.24) is 4.98 Å². The summed E-state index contributed by atoms with van der Waals surface area (Å²) in [6.45, 7) is 0. The van der Waals surface area contributed by atoms with Crippen LogP contribution in [0.3, 0.4) is 0 Å². The monoisotopic (exact) mass is 317 g/mol. The van der Waals surface area contributed by atoms with Gasteiger partial charge in [0.1, 0.15) is 0 Å². The van der Waals surface area contributed by atoms with Crippen LogP contribution in [0.25, 0.3) is 0 Å². The molecule has 118 valence electrons. The molecule has 0 bridgehead atoms. The molecule has 0 radical (unpaired) electrons. The molecule has 0 aliphatic heterocycles. The highest BCUT2D eigenvalue weighted by Crippen LogP contribution is 2.19. The molecular formula is C19H15N3O2. The number of carbonyl (C=O) groups is 2. The van der Waals surface area contributed by atoms with Crippen molar-refractivity contribution in [2.45, 2.75) is 0 Å². The minimum absolute atomic E-state index is 0.265. The number of hydrogen-bond donors (Lipinski definition) is 2. The molecule has 0 atom stereocenters. The fraction of sp³-hybridized carbons (Fsp3) is 0. The maximum Gasteiger partial charge on any atom is 0.256 e. The van der Waals surface area contributed by atoms with E-state index in [0.29, 0.717) is 22.6 Å². The lowest BCUT2D eigenvalue weighted by Crippen LogP contribution is -2.17. The first-order valence-corrected chi connectivity index (χ1v) is 7.42. The lowest BCUT2D eigenvalue weighted by Gasteiger charge is -2.11. The Morgan fingerprint density at radius 2 is 1.21 bits per heavy atom. The molecular weight excluding hydrogens is 302 g/mol. The van der Waals surface area contributed by atoms with Crippen LogP contribution < -0.4 is 10.6 Å². The molecule has 0 aliphatic rings. The maximum absolute atomic E-state index is 12.3. The molecule has 1 heterocycles. The molecule has 0 fully saturated rings. The van der Waals surface area contributed by atoms with Gasteiger partial charge in [0.25, 0.3) is 11.8 Å². The zero-order valence-electron chi connectivity index (χ0n) is 12.8. The van der Waals surface area contributed by atoms with E-state index >= 15 is 0 Å². The van der Waals surface area contributed by atoms with Crippen molar-refractivity contribution in [3.63, 3.8) is 0 Å². The van der Waals surface area contributed by atoms with E-state index in [1.54, 1.807) is 66.9 Å². The van der Waals surface area contributed by atoms with Gasteiger partial charge in [-0.25, -0.2) is 4.98 Å². The van der Waals surface area contributed by atoms with Crippen LogP contribution in [0.4, 0.5) is 11.5 Å². The number of benzene rings is 2. The van der Waals surface area contributed by atoms with Crippen LogP contribution >= 0.6 is 0 Å². The summed E-state index contributed by atoms with van der Waals surface area (Å²) in [6, 6.07) is 21.1. The Bertz CT molecular complexity index is 776. The van der Waals surface area contributed by atoms with E-state index in [1.165, 1.54) is 0 Å². The van der Waals surface area contributed by atoms with Gasteiger partial charge in [0.15, 0.2) is 5.82 Å². The van der Waals surface area contributed by atoms with E-state index in [1.807, 2.05) is 12.1 Å². The average molecular weight is 317 g/mol. The van der Waals surface area contributed by atoms with E-state index in [-0.39, 0.29) is 11.8 Å². The minimum Gasteiger partial charge on any atom is -0.319 e. The molecule has 0 saturated carbocycles. The van der Waals surface area contributed by atoms with Gasteiger partial charge in [-0.05, 0) is 36.4 Å². The molecule has 5 nitrogen and oxygen atoms in total. The summed E-state index contributed by atoms with van der Waals surface area (Å²) in [7, 11) is 0. The maximum atomic E-state index is 12.3. The lowest BCUT2D eigenvalue weighted by molar-refractivity contribution is 0.101. The summed E-state index contributed by atoms with van der Waals surface area (Å²) in [5, 5.41) is 5.49. The second-order valence-electron chi connectivity index (χ2n) is 5.04. The van der Waals surface area contributed by atoms with Crippen molar-refractivity contribution in [2.24, 2.45) is 0 Å². The number of hydrogen-bond acceptors (Lipinski definition) is 3. The molecule has 24 heavy (non-hydrogen) atoms. The highest BCUT2D eigenvalue weighted by atomic mass is 16.2. The van der Waals surface area contributed by atoms with Crippen LogP contribution in [0.15, 0.2) is 79.0 Å². The molecule has 2 aromatic carbocycles. The number of carbonyl (C=O) groups excluding carboxylic acids is 2. The van der Waals surface area contributed by atoms with E-state index in [9.17, 15) is 9.59 Å². The third kappa shape index (κ3) is 3.64. The molecule has 0 saturated heterocycles. The Labute approximate surface area is 139 Å². The Balaban J connectivity index is 1.78. The summed E-state index contributed by atoms with van der Waals surface area (Å²) in [6.07, 6.45) is 1.55. The summed E-state index contributed by atoms with van der Waals surface area (Å²) in [5.41, 5.74) is 1.49. The second-order valence-corrected chi connectivity index (χ2v) is 5.04. The molecule has 0 aliphatic carbocycles. The second kappa shape index (κ2) is 7.19. The first-order valence-electron chi connectivity index (χ1n) is 7.42. The fourth-order valence-electron chi connectivity index (χ4n) is 2.16. The number of rotatable bonds is 4. The number of anilines is 2. The summed E-state index contributed by atoms with van der Waals surface area (Å²) >= 11 is 0. The number of nitrogens with one attached hydrogen (secondary N) is 2. The average Bonchev–Trinajstić information content (AvgIpc) is 2.64. The minimum atomic E-state index is -0.287. The van der Waals surface area contributed by atoms with Crippen LogP contribution in [-0.2, 0) is 0 Å². The van der Waals surface area contributed by atoms with E-state index in [2.05, 4.69) is 15.6 Å². The van der Waals surface area contributed by atoms with E-state index in [4.69, 9.17) is 0 Å². The Morgan fingerprint density at radius 1 is 0.667 bits per heavy atom. The summed E-state index contributed by atoms with van der Waals surface area (Å²) in [4.78, 5) is 28.7. The van der Waals surface area contributed by atoms with Crippen LogP contribution in [0.5, 0.6) is 0 Å². The zero-order valence-corrected chi connectivity index (χ0v) is 12.8. The molecule has 2 N–H and O–H groups in total. The molecule has 3 rings (SSSR count). The number of aromatic nitrogens is 1. The molecule has 1 aromatic heterocycles. The zero-order chi connectivity index (χ0) is 16.8. The van der Waals surface area contributed by atoms with E-state index in [0.717, 1.165) is 0 Å². The van der Waals surface area contributed by atoms with E-state index < -0.39 is 0 Å². The third-order valence-electron chi connectivity index (χ3n) is 3.36. The number of nitrogens with zero attached hydrogens (tertiary/aromatic N) is 1. The van der Waals surface area contributed by atoms with Gasteiger partial charge in [0, 0.05) is 17.3 Å². The largest absolute Gasteiger partial charge is 0.319 e. The van der Waals surface area contributed by atoms with Crippen LogP contribution in [0, 0.1) is 0 Å². The van der Waals surface area contributed by atoms with Gasteiger partial charge in [0.05, 0.1) is 5.69 Å². The van der Waals surface area contributed by atoms with Gasteiger partial charge in [-0.2, -0.15) is 0 Å². The molecule has 0 unspecified atom stereocenters. The molecule has 2 amide bonds. The van der Waals surface area contributed by atoms with Crippen LogP contribution in [0.2, 0.25) is 0 Å². The van der Waals surface area contributed by atoms with Gasteiger partial charge in [-0.1, -0.05) is 36.4 Å². The standard InChI is InChI=1S/C19H15N3O2/c23-18(14-8-3-1-4-9-14)21-16-12-7-13-20-17(16)22-19(24)15-10-5-2-6-11-15/h1-13H,(H,21,23)(H,20,22,24). The predicted octanol–water partition coefficient (Wildman–Crippen LogP) is 3.59. The highest BCUT2D eigenvalue weighted by Gasteiger charge is 2.12. The van der Waals surface area contributed by atoms with Crippen molar-refractivity contribution in [1.29, 1.82) is 0 Å². The first-order chi connectivity index (χ1) is 11.7. The van der Waals surface area contributed by atoms with Crippen molar-refractivity contribution in [3.05, 3.63) is 90.1 Å². The quantitative estimate of drug-likeness (QED) is 0.772. The Hall–Kier alpha value is -3.47. The number of pyridine rings is 1. The SMILES string of the molecule is O=C(Nc1cccnc1NC(=O)c1ccccc1)c1ccccc1. The van der Waals surface area contributed by atoms with Crippen molar-refractivity contribution in [2.75, 3.05) is 10.6 Å². The molecule has 0 spiro atoms. The van der Waals surface area contributed by atoms with Gasteiger partial charge < -0.3 is 10.6 Å². The van der Waals surface area contributed by atoms with Gasteiger partial charge in [-0.3, -0.25) is 9.59 Å². The fourth-order valence-corrected chi connectivity index (χ4v) is 2.16. The highest BCUT2D eigenvalue weighted by molar-refractivity contribution is 6.09.